The molecule has 0 aromatic carbocycles. The molecular formula is C11H21N. The fraction of sp³-hybridized carbons (Fsp3) is 1.00. The summed E-state index contributed by atoms with van der Waals surface area (Å²) < 4.78 is 0. The summed E-state index contributed by atoms with van der Waals surface area (Å²) in [6.07, 6.45) is 7.34. The predicted molar refractivity (Wildman–Crippen MR) is 52.2 cm³/mol. The standard InChI is InChI=1S/C11H21N/c1-9-7-8-12(2)11-6-4-3-5-10(9)11/h9-11H,3-8H2,1-2H3/t9-,10-,11-/m0/s1. The van der Waals surface area contributed by atoms with Gasteiger partial charge in [0.05, 0.1) is 0 Å². The Bertz CT molecular complexity index is 137. The van der Waals surface area contributed by atoms with Crippen LogP contribution < -0.4 is 0 Å². The quantitative estimate of drug-likeness (QED) is 0.536. The van der Waals surface area contributed by atoms with E-state index in [1.807, 2.05) is 0 Å². The number of hydrogen-bond acceptors (Lipinski definition) is 1. The van der Waals surface area contributed by atoms with E-state index < -0.39 is 0 Å². The molecule has 0 N–H and O–H groups in total. The van der Waals surface area contributed by atoms with E-state index >= 15 is 0 Å². The van der Waals surface area contributed by atoms with Crippen molar-refractivity contribution in [3.05, 3.63) is 0 Å². The first-order valence-corrected chi connectivity index (χ1v) is 5.49. The smallest absolute Gasteiger partial charge is 0.0123 e. The van der Waals surface area contributed by atoms with Crippen molar-refractivity contribution in [3.63, 3.8) is 0 Å². The van der Waals surface area contributed by atoms with Crippen LogP contribution in [-0.4, -0.2) is 24.5 Å². The summed E-state index contributed by atoms with van der Waals surface area (Å²) >= 11 is 0. The highest BCUT2D eigenvalue weighted by Gasteiger charge is 2.35. The fourth-order valence-electron chi connectivity index (χ4n) is 3.14. The van der Waals surface area contributed by atoms with Crippen molar-refractivity contribution in [2.24, 2.45) is 11.8 Å². The van der Waals surface area contributed by atoms with Crippen LogP contribution in [0.5, 0.6) is 0 Å². The molecule has 3 atom stereocenters. The Balaban J connectivity index is 2.05. The third-order valence-electron chi connectivity index (χ3n) is 4.02. The lowest BCUT2D eigenvalue weighted by Gasteiger charge is -2.45. The third kappa shape index (κ3) is 1.39. The van der Waals surface area contributed by atoms with Gasteiger partial charge in [-0.25, -0.2) is 0 Å². The Morgan fingerprint density at radius 1 is 1.08 bits per heavy atom. The van der Waals surface area contributed by atoms with Crippen molar-refractivity contribution in [2.75, 3.05) is 13.6 Å². The van der Waals surface area contributed by atoms with Gasteiger partial charge in [-0.3, -0.25) is 0 Å². The number of likely N-dealkylation sites (tertiary alicyclic amines) is 1. The maximum atomic E-state index is 2.60. The van der Waals surface area contributed by atoms with Gasteiger partial charge in [-0.2, -0.15) is 0 Å². The third-order valence-corrected chi connectivity index (χ3v) is 4.02. The van der Waals surface area contributed by atoms with E-state index in [0.717, 1.165) is 17.9 Å². The predicted octanol–water partition coefficient (Wildman–Crippen LogP) is 2.52. The summed E-state index contributed by atoms with van der Waals surface area (Å²) in [7, 11) is 2.31. The van der Waals surface area contributed by atoms with Crippen LogP contribution in [0, 0.1) is 11.8 Å². The first-order chi connectivity index (χ1) is 5.79. The molecule has 2 aliphatic rings. The Kier molecular flexibility index (Phi) is 2.40. The van der Waals surface area contributed by atoms with Gasteiger partial charge in [-0.15, -0.1) is 0 Å². The Hall–Kier alpha value is -0.0400. The molecule has 1 aliphatic heterocycles. The van der Waals surface area contributed by atoms with E-state index in [9.17, 15) is 0 Å². The molecule has 0 unspecified atom stereocenters. The molecule has 0 aromatic heterocycles. The average molecular weight is 167 g/mol. The van der Waals surface area contributed by atoms with E-state index in [1.54, 1.807) is 0 Å². The lowest BCUT2D eigenvalue weighted by atomic mass is 9.73. The fourth-order valence-corrected chi connectivity index (χ4v) is 3.14. The summed E-state index contributed by atoms with van der Waals surface area (Å²) in [5, 5.41) is 0. The summed E-state index contributed by atoms with van der Waals surface area (Å²) in [6, 6.07) is 0.933. The molecule has 1 saturated heterocycles. The molecule has 0 radical (unpaired) electrons. The van der Waals surface area contributed by atoms with Crippen LogP contribution in [0.2, 0.25) is 0 Å². The highest BCUT2D eigenvalue weighted by atomic mass is 15.1. The zero-order valence-corrected chi connectivity index (χ0v) is 8.42. The summed E-state index contributed by atoms with van der Waals surface area (Å²) in [5.74, 6) is 2.02. The van der Waals surface area contributed by atoms with Gasteiger partial charge in [0.15, 0.2) is 0 Å². The highest BCUT2D eigenvalue weighted by Crippen LogP contribution is 2.37. The summed E-state index contributed by atoms with van der Waals surface area (Å²) in [4.78, 5) is 2.60. The van der Waals surface area contributed by atoms with Gasteiger partial charge in [0.25, 0.3) is 0 Å². The van der Waals surface area contributed by atoms with Gasteiger partial charge >= 0.3 is 0 Å². The minimum absolute atomic E-state index is 0.933. The molecule has 1 nitrogen and oxygen atoms in total. The largest absolute Gasteiger partial charge is 0.303 e. The van der Waals surface area contributed by atoms with Crippen molar-refractivity contribution in [3.8, 4) is 0 Å². The second-order valence-corrected chi connectivity index (χ2v) is 4.76. The van der Waals surface area contributed by atoms with Crippen LogP contribution in [-0.2, 0) is 0 Å². The average Bonchev–Trinajstić information content (AvgIpc) is 2.12. The zero-order chi connectivity index (χ0) is 8.55. The highest BCUT2D eigenvalue weighted by molar-refractivity contribution is 4.88. The van der Waals surface area contributed by atoms with Crippen molar-refractivity contribution < 1.29 is 0 Å². The molecule has 2 rings (SSSR count). The minimum atomic E-state index is 0.933. The Morgan fingerprint density at radius 2 is 1.83 bits per heavy atom. The molecule has 0 spiro atoms. The lowest BCUT2D eigenvalue weighted by Crippen LogP contribution is -2.47. The molecule has 1 heterocycles. The topological polar surface area (TPSA) is 3.24 Å². The van der Waals surface area contributed by atoms with E-state index in [2.05, 4.69) is 18.9 Å². The summed E-state index contributed by atoms with van der Waals surface area (Å²) in [5.41, 5.74) is 0. The maximum absolute atomic E-state index is 2.60. The van der Waals surface area contributed by atoms with Gasteiger partial charge < -0.3 is 4.90 Å². The van der Waals surface area contributed by atoms with Crippen LogP contribution in [0.4, 0.5) is 0 Å². The lowest BCUT2D eigenvalue weighted by molar-refractivity contribution is 0.0448. The first kappa shape index (κ1) is 8.55. The molecule has 0 bridgehead atoms. The molecule has 12 heavy (non-hydrogen) atoms. The SMILES string of the molecule is C[C@H]1CCN(C)[C@H]2CCCC[C@@H]12. The summed E-state index contributed by atoms with van der Waals surface area (Å²) in [6.45, 7) is 3.79. The number of hydrogen-bond donors (Lipinski definition) is 0. The molecule has 1 heteroatoms. The molecule has 0 amide bonds. The van der Waals surface area contributed by atoms with E-state index in [0.29, 0.717) is 0 Å². The Labute approximate surface area is 76.1 Å². The normalized spacial score (nSPS) is 44.0. The van der Waals surface area contributed by atoms with Gasteiger partial charge in [-0.05, 0) is 44.7 Å². The molecule has 1 aliphatic carbocycles. The van der Waals surface area contributed by atoms with Crippen molar-refractivity contribution >= 4 is 0 Å². The zero-order valence-electron chi connectivity index (χ0n) is 8.42. The number of piperidine rings is 1. The van der Waals surface area contributed by atoms with Gasteiger partial charge in [-0.1, -0.05) is 19.8 Å². The van der Waals surface area contributed by atoms with Gasteiger partial charge in [0.1, 0.15) is 0 Å². The first-order valence-electron chi connectivity index (χ1n) is 5.49. The molecule has 2 fully saturated rings. The van der Waals surface area contributed by atoms with E-state index in [4.69, 9.17) is 0 Å². The second kappa shape index (κ2) is 3.37. The van der Waals surface area contributed by atoms with E-state index in [1.165, 1.54) is 38.6 Å². The molecule has 1 saturated carbocycles. The van der Waals surface area contributed by atoms with Crippen molar-refractivity contribution in [1.82, 2.24) is 4.90 Å². The molecule has 70 valence electrons. The Morgan fingerprint density at radius 3 is 2.58 bits per heavy atom. The van der Waals surface area contributed by atoms with Crippen LogP contribution in [0.3, 0.4) is 0 Å². The maximum Gasteiger partial charge on any atom is 0.0123 e. The number of nitrogens with zero attached hydrogens (tertiary/aromatic N) is 1. The van der Waals surface area contributed by atoms with Crippen LogP contribution in [0.25, 0.3) is 0 Å². The second-order valence-electron chi connectivity index (χ2n) is 4.76. The molecule has 0 aromatic rings. The van der Waals surface area contributed by atoms with Gasteiger partial charge in [0.2, 0.25) is 0 Å². The van der Waals surface area contributed by atoms with E-state index in [-0.39, 0.29) is 0 Å². The van der Waals surface area contributed by atoms with Crippen LogP contribution >= 0.6 is 0 Å². The van der Waals surface area contributed by atoms with Crippen molar-refractivity contribution in [2.45, 2.75) is 45.1 Å². The van der Waals surface area contributed by atoms with Gasteiger partial charge in [0, 0.05) is 6.04 Å². The minimum Gasteiger partial charge on any atom is -0.303 e. The van der Waals surface area contributed by atoms with Crippen LogP contribution in [0.15, 0.2) is 0 Å². The van der Waals surface area contributed by atoms with Crippen LogP contribution in [0.1, 0.15) is 39.0 Å². The van der Waals surface area contributed by atoms with Crippen molar-refractivity contribution in [1.29, 1.82) is 0 Å². The number of rotatable bonds is 0. The molecular weight excluding hydrogens is 146 g/mol. The number of fused-ring (bicyclic) bond motifs is 1. The monoisotopic (exact) mass is 167 g/mol.